The second kappa shape index (κ2) is 7.57. The van der Waals surface area contributed by atoms with Gasteiger partial charge in [-0.3, -0.25) is 10.1 Å². The van der Waals surface area contributed by atoms with E-state index in [1.165, 1.54) is 16.7 Å². The van der Waals surface area contributed by atoms with Gasteiger partial charge in [0.15, 0.2) is 0 Å². The Kier molecular flexibility index (Phi) is 5.76. The molecule has 116 valence electrons. The largest absolute Gasteiger partial charge is 0.381 e. The maximum absolute atomic E-state index is 12.1. The summed E-state index contributed by atoms with van der Waals surface area (Å²) in [6.07, 6.45) is 1.92. The Balaban J connectivity index is 1.99. The van der Waals surface area contributed by atoms with Crippen molar-refractivity contribution in [3.8, 4) is 0 Å². The van der Waals surface area contributed by atoms with Crippen molar-refractivity contribution in [1.29, 1.82) is 0 Å². The molecule has 1 aliphatic rings. The standard InChI is InChI=1S/C17H26N2O2/c1-4-9-21-10-5-8-19-16(20)12-18-17(19)15-7-6-13(2)11-14(15)3/h6-7,11,17-18H,4-5,8-10,12H2,1-3H3. The molecule has 0 spiro atoms. The van der Waals surface area contributed by atoms with Crippen molar-refractivity contribution < 1.29 is 9.53 Å². The molecule has 0 aromatic heterocycles. The van der Waals surface area contributed by atoms with Gasteiger partial charge in [0, 0.05) is 19.8 Å². The lowest BCUT2D eigenvalue weighted by molar-refractivity contribution is -0.128. The molecule has 4 heteroatoms. The molecule has 1 aliphatic heterocycles. The molecular formula is C17H26N2O2. The fourth-order valence-electron chi connectivity index (χ4n) is 2.79. The minimum Gasteiger partial charge on any atom is -0.381 e. The number of aryl methyl sites for hydroxylation is 2. The number of hydrogen-bond acceptors (Lipinski definition) is 3. The van der Waals surface area contributed by atoms with Gasteiger partial charge in [-0.25, -0.2) is 0 Å². The molecule has 1 amide bonds. The van der Waals surface area contributed by atoms with Crippen LogP contribution in [-0.2, 0) is 9.53 Å². The first-order chi connectivity index (χ1) is 10.1. The minimum absolute atomic E-state index is 0.00396. The highest BCUT2D eigenvalue weighted by molar-refractivity contribution is 5.81. The lowest BCUT2D eigenvalue weighted by Crippen LogP contribution is -2.32. The first-order valence-electron chi connectivity index (χ1n) is 7.81. The number of ether oxygens (including phenoxy) is 1. The Bertz CT molecular complexity index is 488. The second-order valence-corrected chi connectivity index (χ2v) is 5.70. The molecule has 21 heavy (non-hydrogen) atoms. The van der Waals surface area contributed by atoms with Gasteiger partial charge in [0.2, 0.25) is 5.91 Å². The maximum atomic E-state index is 12.1. The van der Waals surface area contributed by atoms with Gasteiger partial charge in [-0.05, 0) is 37.8 Å². The Morgan fingerprint density at radius 3 is 2.86 bits per heavy atom. The number of rotatable bonds is 7. The Labute approximate surface area is 127 Å². The molecule has 0 aliphatic carbocycles. The van der Waals surface area contributed by atoms with E-state index < -0.39 is 0 Å². The zero-order valence-electron chi connectivity index (χ0n) is 13.3. The topological polar surface area (TPSA) is 41.6 Å². The summed E-state index contributed by atoms with van der Waals surface area (Å²) in [5.74, 6) is 0.176. The number of hydrogen-bond donors (Lipinski definition) is 1. The number of benzene rings is 1. The fraction of sp³-hybridized carbons (Fsp3) is 0.588. The van der Waals surface area contributed by atoms with E-state index in [1.54, 1.807) is 0 Å². The molecule has 0 radical (unpaired) electrons. The van der Waals surface area contributed by atoms with Gasteiger partial charge in [-0.15, -0.1) is 0 Å². The van der Waals surface area contributed by atoms with Crippen molar-refractivity contribution in [2.45, 2.75) is 39.8 Å². The van der Waals surface area contributed by atoms with Gasteiger partial charge < -0.3 is 9.64 Å². The van der Waals surface area contributed by atoms with E-state index >= 15 is 0 Å². The molecular weight excluding hydrogens is 264 g/mol. The van der Waals surface area contributed by atoms with E-state index in [0.29, 0.717) is 6.54 Å². The number of amides is 1. The van der Waals surface area contributed by atoms with Crippen molar-refractivity contribution in [3.63, 3.8) is 0 Å². The third-order valence-electron chi connectivity index (χ3n) is 3.83. The summed E-state index contributed by atoms with van der Waals surface area (Å²) in [5.41, 5.74) is 3.68. The molecule has 1 heterocycles. The SMILES string of the molecule is CCCOCCCN1C(=O)CNC1c1ccc(C)cc1C. The predicted octanol–water partition coefficient (Wildman–Crippen LogP) is 2.55. The van der Waals surface area contributed by atoms with Crippen LogP contribution in [0, 0.1) is 13.8 Å². The first kappa shape index (κ1) is 16.0. The van der Waals surface area contributed by atoms with Crippen LogP contribution in [-0.4, -0.2) is 37.1 Å². The van der Waals surface area contributed by atoms with Gasteiger partial charge in [-0.2, -0.15) is 0 Å². The molecule has 1 unspecified atom stereocenters. The van der Waals surface area contributed by atoms with Crippen LogP contribution in [0.3, 0.4) is 0 Å². The van der Waals surface area contributed by atoms with Crippen LogP contribution in [0.4, 0.5) is 0 Å². The van der Waals surface area contributed by atoms with E-state index in [-0.39, 0.29) is 12.1 Å². The molecule has 0 saturated carbocycles. The lowest BCUT2D eigenvalue weighted by atomic mass is 10.0. The Morgan fingerprint density at radius 1 is 1.33 bits per heavy atom. The summed E-state index contributed by atoms with van der Waals surface area (Å²) < 4.78 is 5.50. The van der Waals surface area contributed by atoms with Gasteiger partial charge in [0.25, 0.3) is 0 Å². The molecule has 1 fully saturated rings. The van der Waals surface area contributed by atoms with Crippen LogP contribution in [0.25, 0.3) is 0 Å². The maximum Gasteiger partial charge on any atom is 0.238 e. The molecule has 1 N–H and O–H groups in total. The monoisotopic (exact) mass is 290 g/mol. The van der Waals surface area contributed by atoms with Crippen molar-refractivity contribution in [2.75, 3.05) is 26.3 Å². The third-order valence-corrected chi connectivity index (χ3v) is 3.83. The summed E-state index contributed by atoms with van der Waals surface area (Å²) in [6.45, 7) is 8.98. The number of nitrogens with zero attached hydrogens (tertiary/aromatic N) is 1. The molecule has 2 rings (SSSR count). The molecule has 1 atom stereocenters. The van der Waals surface area contributed by atoms with Crippen LogP contribution >= 0.6 is 0 Å². The molecule has 1 aromatic rings. The summed E-state index contributed by atoms with van der Waals surface area (Å²) in [4.78, 5) is 14.0. The summed E-state index contributed by atoms with van der Waals surface area (Å²) >= 11 is 0. The molecule has 1 saturated heterocycles. The van der Waals surface area contributed by atoms with Crippen molar-refractivity contribution in [1.82, 2.24) is 10.2 Å². The fourth-order valence-corrected chi connectivity index (χ4v) is 2.79. The molecule has 4 nitrogen and oxygen atoms in total. The van der Waals surface area contributed by atoms with Gasteiger partial charge in [0.05, 0.1) is 6.54 Å². The van der Waals surface area contributed by atoms with Gasteiger partial charge in [0.1, 0.15) is 6.17 Å². The second-order valence-electron chi connectivity index (χ2n) is 5.70. The van der Waals surface area contributed by atoms with E-state index in [4.69, 9.17) is 4.74 Å². The third kappa shape index (κ3) is 4.05. The van der Waals surface area contributed by atoms with E-state index in [0.717, 1.165) is 32.6 Å². The van der Waals surface area contributed by atoms with E-state index in [9.17, 15) is 4.79 Å². The highest BCUT2D eigenvalue weighted by atomic mass is 16.5. The average Bonchev–Trinajstić information content (AvgIpc) is 2.80. The van der Waals surface area contributed by atoms with E-state index in [1.807, 2.05) is 4.90 Å². The zero-order chi connectivity index (χ0) is 15.2. The number of nitrogens with one attached hydrogen (secondary N) is 1. The number of carbonyl (C=O) groups is 1. The highest BCUT2D eigenvalue weighted by Crippen LogP contribution is 2.26. The summed E-state index contributed by atoms with van der Waals surface area (Å²) in [7, 11) is 0. The Hall–Kier alpha value is -1.39. The van der Waals surface area contributed by atoms with Crippen molar-refractivity contribution >= 4 is 5.91 Å². The summed E-state index contributed by atoms with van der Waals surface area (Å²) in [5, 5.41) is 3.32. The average molecular weight is 290 g/mol. The van der Waals surface area contributed by atoms with Gasteiger partial charge >= 0.3 is 0 Å². The van der Waals surface area contributed by atoms with Crippen molar-refractivity contribution in [2.24, 2.45) is 0 Å². The quantitative estimate of drug-likeness (QED) is 0.785. The van der Waals surface area contributed by atoms with Crippen LogP contribution < -0.4 is 5.32 Å². The van der Waals surface area contributed by atoms with Crippen molar-refractivity contribution in [3.05, 3.63) is 34.9 Å². The predicted molar refractivity (Wildman–Crippen MR) is 84.1 cm³/mol. The van der Waals surface area contributed by atoms with Crippen LogP contribution in [0.5, 0.6) is 0 Å². The first-order valence-corrected chi connectivity index (χ1v) is 7.81. The molecule has 0 bridgehead atoms. The minimum atomic E-state index is 0.00396. The zero-order valence-corrected chi connectivity index (χ0v) is 13.3. The molecule has 1 aromatic carbocycles. The summed E-state index contributed by atoms with van der Waals surface area (Å²) in [6, 6.07) is 6.40. The van der Waals surface area contributed by atoms with Crippen LogP contribution in [0.1, 0.15) is 42.6 Å². The number of carbonyl (C=O) groups excluding carboxylic acids is 1. The van der Waals surface area contributed by atoms with Crippen LogP contribution in [0.2, 0.25) is 0 Å². The Morgan fingerprint density at radius 2 is 2.14 bits per heavy atom. The van der Waals surface area contributed by atoms with Crippen LogP contribution in [0.15, 0.2) is 18.2 Å². The smallest absolute Gasteiger partial charge is 0.238 e. The normalized spacial score (nSPS) is 18.5. The lowest BCUT2D eigenvalue weighted by Gasteiger charge is -2.26. The van der Waals surface area contributed by atoms with E-state index in [2.05, 4.69) is 44.3 Å². The highest BCUT2D eigenvalue weighted by Gasteiger charge is 2.31. The van der Waals surface area contributed by atoms with Gasteiger partial charge in [-0.1, -0.05) is 30.7 Å².